The topological polar surface area (TPSA) is 53.2 Å². The maximum atomic E-state index is 6.16. The molecule has 1 N–H and O–H groups in total. The molecule has 1 atom stereocenters. The van der Waals surface area contributed by atoms with Crippen LogP contribution in [0.25, 0.3) is 21.7 Å². The van der Waals surface area contributed by atoms with Gasteiger partial charge in [-0.1, -0.05) is 6.92 Å². The van der Waals surface area contributed by atoms with Gasteiger partial charge in [-0.2, -0.15) is 0 Å². The van der Waals surface area contributed by atoms with E-state index in [0.29, 0.717) is 12.7 Å². The molecule has 1 unspecified atom stereocenters. The lowest BCUT2D eigenvalue weighted by Crippen LogP contribution is -2.19. The molecule has 0 radical (unpaired) electrons. The molecule has 4 aromatic rings. The van der Waals surface area contributed by atoms with Gasteiger partial charge in [-0.05, 0) is 80.6 Å². The average Bonchev–Trinajstić information content (AvgIpc) is 3.47. The second-order valence-corrected chi connectivity index (χ2v) is 9.55. The number of aromatic nitrogens is 3. The van der Waals surface area contributed by atoms with Gasteiger partial charge in [-0.3, -0.25) is 0 Å². The summed E-state index contributed by atoms with van der Waals surface area (Å²) < 4.78 is 18.0. The number of thiophene rings is 1. The molecule has 1 saturated heterocycles. The number of benzene rings is 1. The molecular weight excluding hydrogens is 432 g/mol. The van der Waals surface area contributed by atoms with Gasteiger partial charge in [0.15, 0.2) is 5.82 Å². The summed E-state index contributed by atoms with van der Waals surface area (Å²) in [5.41, 5.74) is 3.50. The van der Waals surface area contributed by atoms with E-state index in [4.69, 9.17) is 14.5 Å². The maximum Gasteiger partial charge on any atom is 0.157 e. The van der Waals surface area contributed by atoms with Gasteiger partial charge in [0.2, 0.25) is 0 Å². The van der Waals surface area contributed by atoms with Crippen LogP contribution in [0.15, 0.2) is 48.0 Å². The Morgan fingerprint density at radius 3 is 2.79 bits per heavy atom. The Morgan fingerprint density at radius 1 is 1.12 bits per heavy atom. The zero-order chi connectivity index (χ0) is 22.6. The smallest absolute Gasteiger partial charge is 0.157 e. The third kappa shape index (κ3) is 4.94. The van der Waals surface area contributed by atoms with Crippen LogP contribution in [0.4, 0.5) is 0 Å². The van der Waals surface area contributed by atoms with E-state index in [1.807, 2.05) is 24.3 Å². The molecular formula is C26H32N4O2S. The first-order valence-corrected chi connectivity index (χ1v) is 12.8. The number of aryl methyl sites for hydroxylation is 2. The summed E-state index contributed by atoms with van der Waals surface area (Å²) in [6.07, 6.45) is 6.70. The van der Waals surface area contributed by atoms with Crippen molar-refractivity contribution in [2.24, 2.45) is 7.05 Å². The molecule has 0 spiro atoms. The van der Waals surface area contributed by atoms with Gasteiger partial charge in [0.25, 0.3) is 0 Å². The molecule has 0 saturated carbocycles. The Hall–Kier alpha value is -2.77. The fourth-order valence-electron chi connectivity index (χ4n) is 4.45. The SMILES string of the molecule is CCc1cn(CCOc2ccc(OC3CCCNCC3)cc2)c(-c2cc3sccc3n2C)n1. The molecule has 7 heteroatoms. The van der Waals surface area contributed by atoms with Gasteiger partial charge in [0, 0.05) is 13.2 Å². The summed E-state index contributed by atoms with van der Waals surface area (Å²) in [6.45, 7) is 5.59. The lowest BCUT2D eigenvalue weighted by molar-refractivity contribution is 0.187. The third-order valence-corrected chi connectivity index (χ3v) is 7.18. The first-order valence-electron chi connectivity index (χ1n) is 11.9. The number of hydrogen-bond donors (Lipinski definition) is 1. The van der Waals surface area contributed by atoms with E-state index in [1.54, 1.807) is 11.3 Å². The predicted molar refractivity (Wildman–Crippen MR) is 134 cm³/mol. The molecule has 1 aliphatic heterocycles. The number of rotatable bonds is 8. The van der Waals surface area contributed by atoms with Crippen LogP contribution in [0.1, 0.15) is 31.9 Å². The first kappa shape index (κ1) is 22.0. The van der Waals surface area contributed by atoms with E-state index in [2.05, 4.69) is 52.1 Å². The lowest BCUT2D eigenvalue weighted by Gasteiger charge is -2.17. The van der Waals surface area contributed by atoms with E-state index >= 15 is 0 Å². The molecule has 6 nitrogen and oxygen atoms in total. The lowest BCUT2D eigenvalue weighted by atomic mass is 10.1. The molecule has 174 valence electrons. The van der Waals surface area contributed by atoms with Crippen LogP contribution >= 0.6 is 11.3 Å². The minimum Gasteiger partial charge on any atom is -0.492 e. The monoisotopic (exact) mass is 464 g/mol. The summed E-state index contributed by atoms with van der Waals surface area (Å²) in [7, 11) is 2.11. The highest BCUT2D eigenvalue weighted by molar-refractivity contribution is 7.17. The third-order valence-electron chi connectivity index (χ3n) is 6.33. The second kappa shape index (κ2) is 10.0. The molecule has 1 fully saturated rings. The van der Waals surface area contributed by atoms with Crippen LogP contribution in [-0.4, -0.2) is 39.9 Å². The molecule has 4 heterocycles. The molecule has 33 heavy (non-hydrogen) atoms. The minimum atomic E-state index is 0.298. The number of hydrogen-bond acceptors (Lipinski definition) is 5. The van der Waals surface area contributed by atoms with Crippen LogP contribution in [0, 0.1) is 0 Å². The fourth-order valence-corrected chi connectivity index (χ4v) is 5.30. The number of nitrogens with zero attached hydrogens (tertiary/aromatic N) is 3. The first-order chi connectivity index (χ1) is 16.2. The van der Waals surface area contributed by atoms with Crippen molar-refractivity contribution >= 4 is 21.6 Å². The molecule has 3 aromatic heterocycles. The number of ether oxygens (including phenoxy) is 2. The van der Waals surface area contributed by atoms with Crippen LogP contribution in [-0.2, 0) is 20.0 Å². The maximum absolute atomic E-state index is 6.16. The Kier molecular flexibility index (Phi) is 6.69. The van der Waals surface area contributed by atoms with Crippen LogP contribution in [0.2, 0.25) is 0 Å². The molecule has 1 aromatic carbocycles. The van der Waals surface area contributed by atoms with E-state index in [-0.39, 0.29) is 0 Å². The number of fused-ring (bicyclic) bond motifs is 1. The molecule has 5 rings (SSSR count). The minimum absolute atomic E-state index is 0.298. The van der Waals surface area contributed by atoms with Crippen molar-refractivity contribution in [2.75, 3.05) is 19.7 Å². The summed E-state index contributed by atoms with van der Waals surface area (Å²) in [6, 6.07) is 12.4. The Labute approximate surface area is 199 Å². The van der Waals surface area contributed by atoms with Crippen molar-refractivity contribution in [1.29, 1.82) is 0 Å². The summed E-state index contributed by atoms with van der Waals surface area (Å²) >= 11 is 1.77. The normalized spacial score (nSPS) is 16.7. The second-order valence-electron chi connectivity index (χ2n) is 8.60. The highest BCUT2D eigenvalue weighted by atomic mass is 32.1. The van der Waals surface area contributed by atoms with Crippen molar-refractivity contribution in [2.45, 2.75) is 45.3 Å². The van der Waals surface area contributed by atoms with Crippen LogP contribution in [0.5, 0.6) is 11.5 Å². The number of nitrogens with one attached hydrogen (secondary N) is 1. The quantitative estimate of drug-likeness (QED) is 0.386. The molecule has 0 bridgehead atoms. The predicted octanol–water partition coefficient (Wildman–Crippen LogP) is 5.27. The molecule has 0 amide bonds. The molecule has 0 aliphatic carbocycles. The highest BCUT2D eigenvalue weighted by Crippen LogP contribution is 2.30. The van der Waals surface area contributed by atoms with Crippen molar-refractivity contribution in [3.05, 3.63) is 53.7 Å². The Balaban J connectivity index is 1.22. The van der Waals surface area contributed by atoms with Crippen molar-refractivity contribution in [3.8, 4) is 23.0 Å². The van der Waals surface area contributed by atoms with E-state index in [9.17, 15) is 0 Å². The largest absolute Gasteiger partial charge is 0.492 e. The summed E-state index contributed by atoms with van der Waals surface area (Å²) in [4.78, 5) is 4.90. The van der Waals surface area contributed by atoms with Gasteiger partial charge in [0.1, 0.15) is 18.1 Å². The van der Waals surface area contributed by atoms with Crippen LogP contribution < -0.4 is 14.8 Å². The van der Waals surface area contributed by atoms with Gasteiger partial charge in [-0.15, -0.1) is 11.3 Å². The van der Waals surface area contributed by atoms with Crippen LogP contribution in [0.3, 0.4) is 0 Å². The van der Waals surface area contributed by atoms with Gasteiger partial charge >= 0.3 is 0 Å². The van der Waals surface area contributed by atoms with E-state index < -0.39 is 0 Å². The summed E-state index contributed by atoms with van der Waals surface area (Å²) in [5, 5.41) is 5.56. The van der Waals surface area contributed by atoms with Gasteiger partial charge in [-0.25, -0.2) is 4.98 Å². The highest BCUT2D eigenvalue weighted by Gasteiger charge is 2.16. The molecule has 1 aliphatic rings. The summed E-state index contributed by atoms with van der Waals surface area (Å²) in [5.74, 6) is 2.78. The fraction of sp³-hybridized carbons (Fsp3) is 0.423. The van der Waals surface area contributed by atoms with Crippen molar-refractivity contribution in [1.82, 2.24) is 19.4 Å². The zero-order valence-corrected chi connectivity index (χ0v) is 20.2. The standard InChI is InChI=1S/C26H32N4O2S/c1-3-19-18-30(26(28-19)24-17-25-23(29(24)2)11-16-33-25)14-15-31-20-6-8-22(9-7-20)32-21-5-4-12-27-13-10-21/h6-9,11,16-18,21,27H,3-5,10,12-15H2,1-2H3. The van der Waals surface area contributed by atoms with E-state index in [0.717, 1.165) is 67.6 Å². The number of imidazole rings is 1. The Bertz CT molecular complexity index is 1180. The van der Waals surface area contributed by atoms with Crippen molar-refractivity contribution < 1.29 is 9.47 Å². The van der Waals surface area contributed by atoms with Gasteiger partial charge in [0.05, 0.1) is 34.3 Å². The average molecular weight is 465 g/mol. The van der Waals surface area contributed by atoms with E-state index in [1.165, 1.54) is 16.6 Å². The van der Waals surface area contributed by atoms with Crippen molar-refractivity contribution in [3.63, 3.8) is 0 Å². The van der Waals surface area contributed by atoms with Gasteiger partial charge < -0.3 is 23.9 Å². The Morgan fingerprint density at radius 2 is 1.97 bits per heavy atom. The zero-order valence-electron chi connectivity index (χ0n) is 19.4.